The number of ether oxygens (including phenoxy) is 2. The maximum absolute atomic E-state index is 13.5. The van der Waals surface area contributed by atoms with Gasteiger partial charge in [-0.1, -0.05) is 6.92 Å². The lowest BCUT2D eigenvalue weighted by molar-refractivity contribution is 0.00994. The molecular formula is C26H35N5O4. The summed E-state index contributed by atoms with van der Waals surface area (Å²) in [4.78, 5) is 38.2. The predicted octanol–water partition coefficient (Wildman–Crippen LogP) is 2.94. The van der Waals surface area contributed by atoms with Crippen molar-refractivity contribution in [3.8, 4) is 5.75 Å². The van der Waals surface area contributed by atoms with Crippen LogP contribution < -0.4 is 10.1 Å². The summed E-state index contributed by atoms with van der Waals surface area (Å²) in [6.07, 6.45) is 6.84. The summed E-state index contributed by atoms with van der Waals surface area (Å²) in [7, 11) is 3.48. The number of fused-ring (bicyclic) bond motifs is 1. The van der Waals surface area contributed by atoms with Crippen LogP contribution in [0.25, 0.3) is 0 Å². The molecule has 9 heteroatoms. The first-order chi connectivity index (χ1) is 16.9. The standard InChI is InChI=1S/C26H35N5O4/c1-17-13-31(14-19-5-6-19)18(2)16-35-23-8-7-20(29-25(32)22-12-27-9-10-28-22)11-21(23)26(33)30(3)15-24(17)34-4/h7-12,17-19,24H,5-6,13-16H2,1-4H3,(H,29,32)/t17-,18+,24+/m1/s1. The van der Waals surface area contributed by atoms with Gasteiger partial charge >= 0.3 is 0 Å². The fraction of sp³-hybridized carbons (Fsp3) is 0.538. The van der Waals surface area contributed by atoms with E-state index < -0.39 is 5.91 Å². The summed E-state index contributed by atoms with van der Waals surface area (Å²) < 4.78 is 12.0. The molecule has 0 spiro atoms. The van der Waals surface area contributed by atoms with Gasteiger partial charge in [0.15, 0.2) is 0 Å². The van der Waals surface area contributed by atoms with Gasteiger partial charge in [0.05, 0.1) is 17.9 Å². The summed E-state index contributed by atoms with van der Waals surface area (Å²) in [6.45, 7) is 7.22. The normalized spacial score (nSPS) is 24.1. The van der Waals surface area contributed by atoms with Crippen molar-refractivity contribution in [2.24, 2.45) is 11.8 Å². The zero-order chi connectivity index (χ0) is 24.9. The van der Waals surface area contributed by atoms with Gasteiger partial charge in [0.2, 0.25) is 0 Å². The van der Waals surface area contributed by atoms with Crippen molar-refractivity contribution in [2.75, 3.05) is 45.7 Å². The molecule has 2 heterocycles. The zero-order valence-electron chi connectivity index (χ0n) is 20.9. The van der Waals surface area contributed by atoms with Gasteiger partial charge in [0, 0.05) is 57.9 Å². The second kappa shape index (κ2) is 11.1. The van der Waals surface area contributed by atoms with Crippen molar-refractivity contribution in [1.82, 2.24) is 19.8 Å². The van der Waals surface area contributed by atoms with Crippen LogP contribution in [0.3, 0.4) is 0 Å². The third kappa shape index (κ3) is 6.35. The van der Waals surface area contributed by atoms with Gasteiger partial charge < -0.3 is 19.7 Å². The SMILES string of the molecule is CO[C@H]1CN(C)C(=O)c2cc(NC(=O)c3cnccn3)ccc2OC[C@H](C)N(CC2CC2)C[C@H]1C. The number of carbonyl (C=O) groups is 2. The van der Waals surface area contributed by atoms with E-state index in [1.807, 2.05) is 0 Å². The molecule has 1 aromatic carbocycles. The first kappa shape index (κ1) is 25.1. The molecular weight excluding hydrogens is 446 g/mol. The summed E-state index contributed by atoms with van der Waals surface area (Å²) in [6, 6.07) is 5.32. The lowest BCUT2D eigenvalue weighted by atomic mass is 10.0. The maximum atomic E-state index is 13.5. The highest BCUT2D eigenvalue weighted by Gasteiger charge is 2.31. The van der Waals surface area contributed by atoms with Crippen LogP contribution in [0, 0.1) is 11.8 Å². The molecule has 4 rings (SSSR count). The topological polar surface area (TPSA) is 96.9 Å². The maximum Gasteiger partial charge on any atom is 0.275 e. The summed E-state index contributed by atoms with van der Waals surface area (Å²) in [5.41, 5.74) is 1.08. The molecule has 1 N–H and O–H groups in total. The van der Waals surface area contributed by atoms with Crippen molar-refractivity contribution in [1.29, 1.82) is 0 Å². The van der Waals surface area contributed by atoms with E-state index >= 15 is 0 Å². The Morgan fingerprint density at radius 3 is 2.71 bits per heavy atom. The van der Waals surface area contributed by atoms with Gasteiger partial charge in [-0.25, -0.2) is 4.98 Å². The van der Waals surface area contributed by atoms with Crippen LogP contribution in [-0.2, 0) is 4.74 Å². The number of hydrogen-bond donors (Lipinski definition) is 1. The van der Waals surface area contributed by atoms with Crippen LogP contribution in [-0.4, -0.2) is 84.1 Å². The van der Waals surface area contributed by atoms with Crippen molar-refractivity contribution in [3.63, 3.8) is 0 Å². The molecule has 9 nitrogen and oxygen atoms in total. The fourth-order valence-corrected chi connectivity index (χ4v) is 4.43. The highest BCUT2D eigenvalue weighted by atomic mass is 16.5. The smallest absolute Gasteiger partial charge is 0.275 e. The third-order valence-electron chi connectivity index (χ3n) is 6.82. The van der Waals surface area contributed by atoms with Crippen molar-refractivity contribution < 1.29 is 19.1 Å². The van der Waals surface area contributed by atoms with Crippen molar-refractivity contribution in [3.05, 3.63) is 48.0 Å². The first-order valence-electron chi connectivity index (χ1n) is 12.2. The monoisotopic (exact) mass is 481 g/mol. The lowest BCUT2D eigenvalue weighted by Crippen LogP contribution is -2.47. The highest BCUT2D eigenvalue weighted by Crippen LogP contribution is 2.32. The molecule has 0 radical (unpaired) electrons. The number of rotatable bonds is 5. The lowest BCUT2D eigenvalue weighted by Gasteiger charge is -2.36. The van der Waals surface area contributed by atoms with Crippen LogP contribution >= 0.6 is 0 Å². The molecule has 1 fully saturated rings. The van der Waals surface area contributed by atoms with Gasteiger partial charge in [0.1, 0.15) is 18.1 Å². The van der Waals surface area contributed by atoms with Gasteiger partial charge in [-0.3, -0.25) is 19.5 Å². The average molecular weight is 482 g/mol. The Hall–Kier alpha value is -3.04. The largest absolute Gasteiger partial charge is 0.491 e. The van der Waals surface area contributed by atoms with E-state index in [2.05, 4.69) is 34.0 Å². The van der Waals surface area contributed by atoms with E-state index in [9.17, 15) is 9.59 Å². The molecule has 3 atom stereocenters. The Kier molecular flexibility index (Phi) is 7.97. The number of anilines is 1. The Morgan fingerprint density at radius 2 is 2.03 bits per heavy atom. The average Bonchev–Trinajstić information content (AvgIpc) is 3.69. The van der Waals surface area contributed by atoms with Gasteiger partial charge in [-0.15, -0.1) is 0 Å². The summed E-state index contributed by atoms with van der Waals surface area (Å²) >= 11 is 0. The Labute approximate surface area is 206 Å². The Bertz CT molecular complexity index is 1030. The number of hydrogen-bond acceptors (Lipinski definition) is 7. The molecule has 1 aliphatic heterocycles. The van der Waals surface area contributed by atoms with Crippen LogP contribution in [0.1, 0.15) is 47.5 Å². The Balaban J connectivity index is 1.60. The third-order valence-corrected chi connectivity index (χ3v) is 6.82. The molecule has 0 unspecified atom stereocenters. The molecule has 2 aromatic rings. The predicted molar refractivity (Wildman–Crippen MR) is 133 cm³/mol. The number of nitrogens with one attached hydrogen (secondary N) is 1. The number of likely N-dealkylation sites (N-methyl/N-ethyl adjacent to an activating group) is 1. The molecule has 1 aliphatic carbocycles. The molecule has 2 aliphatic rings. The van der Waals surface area contributed by atoms with Crippen LogP contribution in [0.2, 0.25) is 0 Å². The zero-order valence-corrected chi connectivity index (χ0v) is 20.9. The minimum atomic E-state index is -0.398. The fourth-order valence-electron chi connectivity index (χ4n) is 4.43. The van der Waals surface area contributed by atoms with Crippen molar-refractivity contribution in [2.45, 2.75) is 38.8 Å². The van der Waals surface area contributed by atoms with E-state index in [0.717, 1.165) is 19.0 Å². The molecule has 2 amide bonds. The van der Waals surface area contributed by atoms with E-state index in [1.165, 1.54) is 31.4 Å². The number of aromatic nitrogens is 2. The van der Waals surface area contributed by atoms with E-state index in [1.54, 1.807) is 37.3 Å². The highest BCUT2D eigenvalue weighted by molar-refractivity contribution is 6.04. The second-order valence-electron chi connectivity index (χ2n) is 9.75. The Morgan fingerprint density at radius 1 is 1.23 bits per heavy atom. The quantitative estimate of drug-likeness (QED) is 0.701. The molecule has 1 saturated carbocycles. The minimum absolute atomic E-state index is 0.0961. The molecule has 1 aromatic heterocycles. The van der Waals surface area contributed by atoms with E-state index in [4.69, 9.17) is 9.47 Å². The summed E-state index contributed by atoms with van der Waals surface area (Å²) in [5, 5.41) is 2.80. The molecule has 35 heavy (non-hydrogen) atoms. The second-order valence-corrected chi connectivity index (χ2v) is 9.75. The van der Waals surface area contributed by atoms with E-state index in [0.29, 0.717) is 30.2 Å². The number of amides is 2. The van der Waals surface area contributed by atoms with Crippen molar-refractivity contribution >= 4 is 17.5 Å². The van der Waals surface area contributed by atoms with Gasteiger partial charge in [0.25, 0.3) is 11.8 Å². The molecule has 0 bridgehead atoms. The number of methoxy groups -OCH3 is 1. The first-order valence-corrected chi connectivity index (χ1v) is 12.2. The molecule has 0 saturated heterocycles. The number of nitrogens with zero attached hydrogens (tertiary/aromatic N) is 4. The number of benzene rings is 1. The minimum Gasteiger partial charge on any atom is -0.491 e. The van der Waals surface area contributed by atoms with Gasteiger partial charge in [-0.05, 0) is 49.8 Å². The molecule has 188 valence electrons. The van der Waals surface area contributed by atoms with Crippen LogP contribution in [0.5, 0.6) is 5.75 Å². The van der Waals surface area contributed by atoms with E-state index in [-0.39, 0.29) is 29.7 Å². The number of carbonyl (C=O) groups excluding carboxylic acids is 2. The van der Waals surface area contributed by atoms with Gasteiger partial charge in [-0.2, -0.15) is 0 Å². The van der Waals surface area contributed by atoms with Crippen LogP contribution in [0.4, 0.5) is 5.69 Å². The summed E-state index contributed by atoms with van der Waals surface area (Å²) in [5.74, 6) is 0.919. The van der Waals surface area contributed by atoms with Crippen LogP contribution in [0.15, 0.2) is 36.8 Å².